The van der Waals surface area contributed by atoms with Gasteiger partial charge in [-0.05, 0) is 55.8 Å². The average molecular weight is 427 g/mol. The first-order valence-electron chi connectivity index (χ1n) is 11.3. The fraction of sp³-hybridized carbons (Fsp3) is 0.542. The van der Waals surface area contributed by atoms with Crippen LogP contribution in [0, 0.1) is 11.8 Å². The quantitative estimate of drug-likeness (QED) is 0.591. The first-order chi connectivity index (χ1) is 15.0. The van der Waals surface area contributed by atoms with E-state index in [1.807, 2.05) is 30.3 Å². The van der Waals surface area contributed by atoms with Crippen molar-refractivity contribution in [2.24, 2.45) is 11.8 Å². The summed E-state index contributed by atoms with van der Waals surface area (Å²) in [5.74, 6) is 2.02. The molecule has 1 aliphatic heterocycles. The molecule has 2 atom stereocenters. The van der Waals surface area contributed by atoms with Crippen molar-refractivity contribution in [1.82, 2.24) is 20.0 Å². The zero-order valence-electron chi connectivity index (χ0n) is 18.6. The molecule has 0 saturated carbocycles. The van der Waals surface area contributed by atoms with Gasteiger partial charge in [-0.1, -0.05) is 32.0 Å². The van der Waals surface area contributed by atoms with E-state index >= 15 is 0 Å². The van der Waals surface area contributed by atoms with E-state index in [-0.39, 0.29) is 23.7 Å². The van der Waals surface area contributed by atoms with Crippen LogP contribution in [-0.4, -0.2) is 53.4 Å². The van der Waals surface area contributed by atoms with Gasteiger partial charge in [-0.3, -0.25) is 9.59 Å². The van der Waals surface area contributed by atoms with Crippen molar-refractivity contribution < 1.29 is 9.53 Å². The average Bonchev–Trinajstić information content (AvgIpc) is 2.75. The molecule has 0 radical (unpaired) electrons. The summed E-state index contributed by atoms with van der Waals surface area (Å²) in [6.07, 6.45) is 3.30. The normalized spacial score (nSPS) is 19.2. The van der Waals surface area contributed by atoms with Crippen LogP contribution in [0.1, 0.15) is 43.6 Å². The van der Waals surface area contributed by atoms with Gasteiger partial charge in [0, 0.05) is 25.7 Å². The molecule has 31 heavy (non-hydrogen) atoms. The molecule has 1 aromatic heterocycles. The van der Waals surface area contributed by atoms with Crippen LogP contribution in [0.3, 0.4) is 0 Å². The molecule has 1 fully saturated rings. The van der Waals surface area contributed by atoms with E-state index in [4.69, 9.17) is 4.74 Å². The number of benzene rings is 1. The predicted molar refractivity (Wildman–Crippen MR) is 121 cm³/mol. The molecule has 3 rings (SSSR count). The van der Waals surface area contributed by atoms with E-state index in [0.717, 1.165) is 37.0 Å². The lowest BCUT2D eigenvalue weighted by atomic mass is 9.92. The van der Waals surface area contributed by atoms with Crippen LogP contribution in [0.4, 0.5) is 0 Å². The van der Waals surface area contributed by atoms with E-state index in [1.54, 1.807) is 0 Å². The molecule has 1 saturated heterocycles. The fourth-order valence-corrected chi connectivity index (χ4v) is 4.22. The van der Waals surface area contributed by atoms with Crippen LogP contribution >= 0.6 is 0 Å². The number of amides is 1. The summed E-state index contributed by atoms with van der Waals surface area (Å²) in [5.41, 5.74) is -0.00353. The minimum atomic E-state index is -0.252. The highest BCUT2D eigenvalue weighted by Gasteiger charge is 2.21. The number of nitrogens with zero attached hydrogens (tertiary/aromatic N) is 3. The van der Waals surface area contributed by atoms with Crippen LogP contribution in [0.25, 0.3) is 0 Å². The number of unbranched alkanes of at least 4 members (excludes halogenated alkanes) is 1. The zero-order chi connectivity index (χ0) is 22.1. The Morgan fingerprint density at radius 1 is 1.06 bits per heavy atom. The Balaban J connectivity index is 1.39. The molecule has 0 spiro atoms. The SMILES string of the molecule is C[C@@H]1C[C@H](C)CN(CCCCNC(=O)c2ccc(=O)n(CCOc3ccccc3)n2)C1. The van der Waals surface area contributed by atoms with Crippen molar-refractivity contribution >= 4 is 5.91 Å². The van der Waals surface area contributed by atoms with E-state index in [2.05, 4.69) is 29.2 Å². The summed E-state index contributed by atoms with van der Waals surface area (Å²) in [7, 11) is 0. The molecule has 1 N–H and O–H groups in total. The molecule has 1 aliphatic rings. The van der Waals surface area contributed by atoms with Crippen molar-refractivity contribution in [3.05, 3.63) is 58.5 Å². The van der Waals surface area contributed by atoms with Gasteiger partial charge in [0.05, 0.1) is 6.54 Å². The lowest BCUT2D eigenvalue weighted by molar-refractivity contribution is 0.0943. The lowest BCUT2D eigenvalue weighted by Crippen LogP contribution is -2.39. The number of likely N-dealkylation sites (tertiary alicyclic amines) is 1. The van der Waals surface area contributed by atoms with Crippen molar-refractivity contribution in [3.8, 4) is 5.75 Å². The van der Waals surface area contributed by atoms with Crippen LogP contribution in [0.15, 0.2) is 47.3 Å². The standard InChI is InChI=1S/C24H34N4O3/c1-19-16-20(2)18-27(17-19)13-7-6-12-25-24(30)22-10-11-23(29)28(26-22)14-15-31-21-8-4-3-5-9-21/h3-5,8-11,19-20H,6-7,12-18H2,1-2H3,(H,25,30)/t19-,20+. The Hall–Kier alpha value is -2.67. The number of hydrogen-bond donors (Lipinski definition) is 1. The number of ether oxygens (including phenoxy) is 1. The van der Waals surface area contributed by atoms with Gasteiger partial charge >= 0.3 is 0 Å². The molecule has 7 heteroatoms. The topological polar surface area (TPSA) is 76.5 Å². The first-order valence-corrected chi connectivity index (χ1v) is 11.3. The minimum Gasteiger partial charge on any atom is -0.492 e. The molecule has 168 valence electrons. The van der Waals surface area contributed by atoms with Crippen molar-refractivity contribution in [1.29, 1.82) is 0 Å². The number of para-hydroxylation sites is 1. The maximum Gasteiger partial charge on any atom is 0.271 e. The van der Waals surface area contributed by atoms with E-state index in [0.29, 0.717) is 13.2 Å². The predicted octanol–water partition coefficient (Wildman–Crippen LogP) is 2.81. The molecular weight excluding hydrogens is 392 g/mol. The number of hydrogen-bond acceptors (Lipinski definition) is 5. The third-order valence-electron chi connectivity index (χ3n) is 5.55. The maximum atomic E-state index is 12.4. The number of aromatic nitrogens is 2. The van der Waals surface area contributed by atoms with Gasteiger partial charge in [-0.2, -0.15) is 5.10 Å². The Kier molecular flexibility index (Phi) is 8.64. The summed E-state index contributed by atoms with van der Waals surface area (Å²) in [6, 6.07) is 12.2. The van der Waals surface area contributed by atoms with Crippen molar-refractivity contribution in [2.45, 2.75) is 39.7 Å². The summed E-state index contributed by atoms with van der Waals surface area (Å²) in [5, 5.41) is 7.11. The summed E-state index contributed by atoms with van der Waals surface area (Å²) >= 11 is 0. The summed E-state index contributed by atoms with van der Waals surface area (Å²) in [6.45, 7) is 9.26. The smallest absolute Gasteiger partial charge is 0.271 e. The van der Waals surface area contributed by atoms with Crippen molar-refractivity contribution in [3.63, 3.8) is 0 Å². The molecule has 7 nitrogen and oxygen atoms in total. The highest BCUT2D eigenvalue weighted by molar-refractivity contribution is 5.91. The third-order valence-corrected chi connectivity index (χ3v) is 5.55. The highest BCUT2D eigenvalue weighted by atomic mass is 16.5. The number of carbonyl (C=O) groups is 1. The molecule has 2 heterocycles. The Morgan fingerprint density at radius 3 is 2.55 bits per heavy atom. The maximum absolute atomic E-state index is 12.4. The monoisotopic (exact) mass is 426 g/mol. The molecule has 1 aromatic carbocycles. The van der Waals surface area contributed by atoms with Gasteiger partial charge in [0.25, 0.3) is 11.5 Å². The number of rotatable bonds is 10. The van der Waals surface area contributed by atoms with E-state index in [9.17, 15) is 9.59 Å². The second-order valence-corrected chi connectivity index (χ2v) is 8.61. The molecule has 0 unspecified atom stereocenters. The first kappa shape index (κ1) is 23.0. The number of piperidine rings is 1. The Bertz CT molecular complexity index is 874. The molecule has 0 aliphatic carbocycles. The molecule has 2 aromatic rings. The van der Waals surface area contributed by atoms with Crippen LogP contribution < -0.4 is 15.6 Å². The van der Waals surface area contributed by atoms with E-state index in [1.165, 1.54) is 36.3 Å². The van der Waals surface area contributed by atoms with Gasteiger partial charge in [0.2, 0.25) is 0 Å². The van der Waals surface area contributed by atoms with Gasteiger partial charge in [0.15, 0.2) is 0 Å². The number of carbonyl (C=O) groups excluding carboxylic acids is 1. The van der Waals surface area contributed by atoms with Gasteiger partial charge in [0.1, 0.15) is 18.1 Å². The minimum absolute atomic E-state index is 0.248. The van der Waals surface area contributed by atoms with Gasteiger partial charge in [-0.25, -0.2) is 4.68 Å². The second-order valence-electron chi connectivity index (χ2n) is 8.61. The van der Waals surface area contributed by atoms with Crippen molar-refractivity contribution in [2.75, 3.05) is 32.8 Å². The number of nitrogens with one attached hydrogen (secondary N) is 1. The Labute approximate surface area is 184 Å². The highest BCUT2D eigenvalue weighted by Crippen LogP contribution is 2.20. The second kappa shape index (κ2) is 11.6. The summed E-state index contributed by atoms with van der Waals surface area (Å²) in [4.78, 5) is 27.0. The Morgan fingerprint density at radius 2 is 1.81 bits per heavy atom. The third kappa shape index (κ3) is 7.51. The van der Waals surface area contributed by atoms with Crippen LogP contribution in [0.5, 0.6) is 5.75 Å². The lowest BCUT2D eigenvalue weighted by Gasteiger charge is -2.34. The largest absolute Gasteiger partial charge is 0.492 e. The van der Waals surface area contributed by atoms with Crippen LogP contribution in [0.2, 0.25) is 0 Å². The van der Waals surface area contributed by atoms with Gasteiger partial charge in [-0.15, -0.1) is 0 Å². The molecule has 0 bridgehead atoms. The van der Waals surface area contributed by atoms with Crippen LogP contribution in [-0.2, 0) is 6.54 Å². The molecule has 1 amide bonds. The van der Waals surface area contributed by atoms with E-state index < -0.39 is 0 Å². The zero-order valence-corrected chi connectivity index (χ0v) is 18.6. The fourth-order valence-electron chi connectivity index (χ4n) is 4.22. The summed E-state index contributed by atoms with van der Waals surface area (Å²) < 4.78 is 6.89. The van der Waals surface area contributed by atoms with Gasteiger partial charge < -0.3 is 15.0 Å². The molecular formula is C24H34N4O3.